The van der Waals surface area contributed by atoms with Gasteiger partial charge in [-0.25, -0.2) is 0 Å². The molecule has 1 fully saturated rings. The summed E-state index contributed by atoms with van der Waals surface area (Å²) in [5.41, 5.74) is 4.18. The maximum absolute atomic E-state index is 3.40. The van der Waals surface area contributed by atoms with Gasteiger partial charge in [0, 0.05) is 37.9 Å². The molecule has 106 valence electrons. The van der Waals surface area contributed by atoms with Gasteiger partial charge in [-0.1, -0.05) is 13.0 Å². The standard InChI is InChI=1S/C16H27N3/c1-5-17-11-15-6-7-16(10-13(15)2)19-9-8-18(4)14(3)12-19/h6-7,10,14,17H,5,8-9,11-12H2,1-4H3. The molecule has 1 aromatic rings. The first kappa shape index (κ1) is 14.4. The van der Waals surface area contributed by atoms with Gasteiger partial charge in [0.1, 0.15) is 0 Å². The molecule has 1 aliphatic heterocycles. The number of hydrogen-bond acceptors (Lipinski definition) is 3. The zero-order valence-electron chi connectivity index (χ0n) is 12.7. The number of aryl methyl sites for hydroxylation is 1. The van der Waals surface area contributed by atoms with Gasteiger partial charge in [-0.15, -0.1) is 0 Å². The van der Waals surface area contributed by atoms with E-state index < -0.39 is 0 Å². The fourth-order valence-corrected chi connectivity index (χ4v) is 2.62. The van der Waals surface area contributed by atoms with Gasteiger partial charge in [-0.05, 0) is 50.7 Å². The van der Waals surface area contributed by atoms with Crippen LogP contribution in [0.25, 0.3) is 0 Å². The van der Waals surface area contributed by atoms with Crippen LogP contribution in [0.1, 0.15) is 25.0 Å². The lowest BCUT2D eigenvalue weighted by atomic mass is 10.1. The molecule has 0 saturated carbocycles. The van der Waals surface area contributed by atoms with Crippen molar-refractivity contribution in [1.82, 2.24) is 10.2 Å². The Labute approximate surface area is 117 Å². The molecular formula is C16H27N3. The summed E-state index contributed by atoms with van der Waals surface area (Å²) in [5.74, 6) is 0. The van der Waals surface area contributed by atoms with Crippen molar-refractivity contribution in [3.8, 4) is 0 Å². The highest BCUT2D eigenvalue weighted by Crippen LogP contribution is 2.22. The molecule has 19 heavy (non-hydrogen) atoms. The summed E-state index contributed by atoms with van der Waals surface area (Å²) in [6.07, 6.45) is 0. The summed E-state index contributed by atoms with van der Waals surface area (Å²) >= 11 is 0. The molecule has 0 bridgehead atoms. The minimum atomic E-state index is 0.635. The van der Waals surface area contributed by atoms with Crippen LogP contribution in [0.2, 0.25) is 0 Å². The SMILES string of the molecule is CCNCc1ccc(N2CCN(C)C(C)C2)cc1C. The number of benzene rings is 1. The highest BCUT2D eigenvalue weighted by Gasteiger charge is 2.20. The average Bonchev–Trinajstić information content (AvgIpc) is 2.40. The van der Waals surface area contributed by atoms with Crippen LogP contribution >= 0.6 is 0 Å². The summed E-state index contributed by atoms with van der Waals surface area (Å²) in [6.45, 7) is 12.1. The van der Waals surface area contributed by atoms with Crippen molar-refractivity contribution in [2.24, 2.45) is 0 Å². The summed E-state index contributed by atoms with van der Waals surface area (Å²) in [6, 6.07) is 7.52. The van der Waals surface area contributed by atoms with Gasteiger partial charge in [0.15, 0.2) is 0 Å². The molecule has 1 N–H and O–H groups in total. The molecule has 1 unspecified atom stereocenters. The lowest BCUT2D eigenvalue weighted by molar-refractivity contribution is 0.234. The summed E-state index contributed by atoms with van der Waals surface area (Å²) < 4.78 is 0. The first-order valence-corrected chi connectivity index (χ1v) is 7.37. The Morgan fingerprint density at radius 2 is 2.11 bits per heavy atom. The third-order valence-electron chi connectivity index (χ3n) is 4.22. The molecule has 1 aromatic carbocycles. The van der Waals surface area contributed by atoms with E-state index in [0.29, 0.717) is 6.04 Å². The van der Waals surface area contributed by atoms with Crippen LogP contribution in [-0.4, -0.2) is 44.2 Å². The maximum Gasteiger partial charge on any atom is 0.0370 e. The number of hydrogen-bond donors (Lipinski definition) is 1. The molecule has 1 aliphatic rings. The highest BCUT2D eigenvalue weighted by molar-refractivity contribution is 5.51. The van der Waals surface area contributed by atoms with E-state index in [0.717, 1.165) is 32.7 Å². The number of likely N-dealkylation sites (N-methyl/N-ethyl adjacent to an activating group) is 1. The predicted octanol–water partition coefficient (Wildman–Crippen LogP) is 2.24. The normalized spacial score (nSPS) is 20.8. The molecule has 3 heteroatoms. The Balaban J connectivity index is 2.07. The fraction of sp³-hybridized carbons (Fsp3) is 0.625. The van der Waals surface area contributed by atoms with E-state index in [1.165, 1.54) is 16.8 Å². The van der Waals surface area contributed by atoms with Gasteiger partial charge < -0.3 is 15.1 Å². The van der Waals surface area contributed by atoms with Gasteiger partial charge in [0.25, 0.3) is 0 Å². The fourth-order valence-electron chi connectivity index (χ4n) is 2.62. The summed E-state index contributed by atoms with van der Waals surface area (Å²) in [4.78, 5) is 4.94. The van der Waals surface area contributed by atoms with Crippen LogP contribution in [0.15, 0.2) is 18.2 Å². The molecule has 0 radical (unpaired) electrons. The lowest BCUT2D eigenvalue weighted by Crippen LogP contribution is -2.50. The number of rotatable bonds is 4. The summed E-state index contributed by atoms with van der Waals surface area (Å²) in [7, 11) is 2.22. The second-order valence-corrected chi connectivity index (χ2v) is 5.67. The Morgan fingerprint density at radius 3 is 2.74 bits per heavy atom. The molecule has 1 saturated heterocycles. The zero-order chi connectivity index (χ0) is 13.8. The minimum absolute atomic E-state index is 0.635. The number of piperazine rings is 1. The number of nitrogens with one attached hydrogen (secondary N) is 1. The van der Waals surface area contributed by atoms with Gasteiger partial charge in [0.05, 0.1) is 0 Å². The van der Waals surface area contributed by atoms with Crippen LogP contribution in [-0.2, 0) is 6.54 Å². The van der Waals surface area contributed by atoms with E-state index in [1.807, 2.05) is 0 Å². The third kappa shape index (κ3) is 3.48. The maximum atomic E-state index is 3.40. The third-order valence-corrected chi connectivity index (χ3v) is 4.22. The van der Waals surface area contributed by atoms with E-state index in [9.17, 15) is 0 Å². The van der Waals surface area contributed by atoms with Crippen LogP contribution in [0, 0.1) is 6.92 Å². The summed E-state index contributed by atoms with van der Waals surface area (Å²) in [5, 5.41) is 3.40. The zero-order valence-corrected chi connectivity index (χ0v) is 12.7. The van der Waals surface area contributed by atoms with Crippen molar-refractivity contribution in [3.63, 3.8) is 0 Å². The quantitative estimate of drug-likeness (QED) is 0.897. The average molecular weight is 261 g/mol. The smallest absolute Gasteiger partial charge is 0.0370 e. The number of nitrogens with zero attached hydrogens (tertiary/aromatic N) is 2. The van der Waals surface area contributed by atoms with Crippen molar-refractivity contribution in [2.45, 2.75) is 33.4 Å². The Morgan fingerprint density at radius 1 is 1.32 bits per heavy atom. The Bertz CT molecular complexity index is 416. The molecule has 3 nitrogen and oxygen atoms in total. The molecule has 0 spiro atoms. The van der Waals surface area contributed by atoms with Crippen molar-refractivity contribution in [2.75, 3.05) is 38.1 Å². The van der Waals surface area contributed by atoms with Gasteiger partial charge in [-0.2, -0.15) is 0 Å². The van der Waals surface area contributed by atoms with Crippen molar-refractivity contribution >= 4 is 5.69 Å². The first-order valence-electron chi connectivity index (χ1n) is 7.37. The Kier molecular flexibility index (Phi) is 4.83. The van der Waals surface area contributed by atoms with Crippen LogP contribution < -0.4 is 10.2 Å². The monoisotopic (exact) mass is 261 g/mol. The molecule has 0 aromatic heterocycles. The van der Waals surface area contributed by atoms with Crippen molar-refractivity contribution in [3.05, 3.63) is 29.3 Å². The van der Waals surface area contributed by atoms with Crippen molar-refractivity contribution < 1.29 is 0 Å². The van der Waals surface area contributed by atoms with Crippen molar-refractivity contribution in [1.29, 1.82) is 0 Å². The molecular weight excluding hydrogens is 234 g/mol. The molecule has 1 atom stereocenters. The van der Waals surface area contributed by atoms with Gasteiger partial charge in [-0.3, -0.25) is 0 Å². The van der Waals surface area contributed by atoms with E-state index in [-0.39, 0.29) is 0 Å². The molecule has 0 amide bonds. The highest BCUT2D eigenvalue weighted by atomic mass is 15.3. The second kappa shape index (κ2) is 6.40. The van der Waals surface area contributed by atoms with Crippen LogP contribution in [0.3, 0.4) is 0 Å². The minimum Gasteiger partial charge on any atom is -0.369 e. The first-order chi connectivity index (χ1) is 9.11. The van der Waals surface area contributed by atoms with Crippen LogP contribution in [0.5, 0.6) is 0 Å². The predicted molar refractivity (Wildman–Crippen MR) is 82.9 cm³/mol. The second-order valence-electron chi connectivity index (χ2n) is 5.67. The number of anilines is 1. The molecule has 1 heterocycles. The van der Waals surface area contributed by atoms with E-state index >= 15 is 0 Å². The molecule has 2 rings (SSSR count). The van der Waals surface area contributed by atoms with Crippen LogP contribution in [0.4, 0.5) is 5.69 Å². The Hall–Kier alpha value is -1.06. The van der Waals surface area contributed by atoms with Gasteiger partial charge in [0.2, 0.25) is 0 Å². The van der Waals surface area contributed by atoms with E-state index in [1.54, 1.807) is 0 Å². The van der Waals surface area contributed by atoms with E-state index in [2.05, 4.69) is 61.1 Å². The lowest BCUT2D eigenvalue weighted by Gasteiger charge is -2.39. The van der Waals surface area contributed by atoms with E-state index in [4.69, 9.17) is 0 Å². The molecule has 0 aliphatic carbocycles. The topological polar surface area (TPSA) is 18.5 Å². The van der Waals surface area contributed by atoms with Gasteiger partial charge >= 0.3 is 0 Å². The largest absolute Gasteiger partial charge is 0.369 e.